The lowest BCUT2D eigenvalue weighted by Crippen LogP contribution is -2.45. The molecule has 1 saturated heterocycles. The second-order valence-corrected chi connectivity index (χ2v) is 8.53. The Morgan fingerprint density at radius 2 is 1.69 bits per heavy atom. The van der Waals surface area contributed by atoms with Gasteiger partial charge in [-0.15, -0.1) is 5.10 Å². The maximum absolute atomic E-state index is 13.7. The minimum atomic E-state index is -0.449. The highest BCUT2D eigenvalue weighted by Gasteiger charge is 2.44. The number of morpholine rings is 1. The van der Waals surface area contributed by atoms with Crippen molar-refractivity contribution in [2.24, 2.45) is 5.10 Å². The molecule has 7 nitrogen and oxygen atoms in total. The number of hydrazone groups is 1. The second-order valence-electron chi connectivity index (χ2n) is 8.53. The number of nitrogens with zero attached hydrogens (tertiary/aromatic N) is 5. The standard InChI is InChI=1S/C27H22FN5O2/c1-18-7-13-22(14-8-18)33-26(31-15-16-35-27(34)25(31)30-33)23-17-32(21-5-3-2-4-6-21)29-24(23)19-9-11-20(28)12-10-19/h2-14,17,26H,15-16H2,1H3. The second kappa shape index (κ2) is 8.39. The number of halogens is 1. The molecule has 1 unspecified atom stereocenters. The number of benzene rings is 3. The summed E-state index contributed by atoms with van der Waals surface area (Å²) in [6.45, 7) is 2.79. The number of hydrogen-bond donors (Lipinski definition) is 0. The Kier molecular flexibility index (Phi) is 5.06. The maximum Gasteiger partial charge on any atom is 0.376 e. The van der Waals surface area contributed by atoms with E-state index in [9.17, 15) is 9.18 Å². The van der Waals surface area contributed by atoms with Crippen molar-refractivity contribution in [3.63, 3.8) is 0 Å². The molecule has 2 aliphatic rings. The third-order valence-corrected chi connectivity index (χ3v) is 6.21. The van der Waals surface area contributed by atoms with Crippen molar-refractivity contribution in [3.8, 4) is 16.9 Å². The summed E-state index contributed by atoms with van der Waals surface area (Å²) in [5.41, 5.74) is 5.15. The largest absolute Gasteiger partial charge is 0.458 e. The molecule has 6 rings (SSSR count). The Hall–Kier alpha value is -4.46. The quantitative estimate of drug-likeness (QED) is 0.408. The highest BCUT2D eigenvalue weighted by Crippen LogP contribution is 2.40. The Morgan fingerprint density at radius 1 is 0.943 bits per heavy atom. The van der Waals surface area contributed by atoms with Crippen molar-refractivity contribution in [2.75, 3.05) is 18.2 Å². The molecule has 0 amide bonds. The number of carbonyl (C=O) groups excluding carboxylic acids is 1. The van der Waals surface area contributed by atoms with Gasteiger partial charge in [-0.25, -0.2) is 18.9 Å². The van der Waals surface area contributed by atoms with Crippen LogP contribution in [0.2, 0.25) is 0 Å². The molecule has 1 fully saturated rings. The molecule has 3 heterocycles. The minimum absolute atomic E-state index is 0.263. The third-order valence-electron chi connectivity index (χ3n) is 6.21. The molecule has 1 aromatic heterocycles. The molecule has 0 radical (unpaired) electrons. The number of aromatic nitrogens is 2. The fourth-order valence-corrected chi connectivity index (χ4v) is 4.47. The van der Waals surface area contributed by atoms with E-state index in [1.807, 2.05) is 82.3 Å². The summed E-state index contributed by atoms with van der Waals surface area (Å²) in [6, 6.07) is 24.1. The van der Waals surface area contributed by atoms with Crippen LogP contribution < -0.4 is 5.01 Å². The van der Waals surface area contributed by atoms with Crippen LogP contribution in [0.15, 0.2) is 90.2 Å². The van der Waals surface area contributed by atoms with Gasteiger partial charge in [0.05, 0.1) is 23.6 Å². The Bertz CT molecular complexity index is 1410. The molecule has 0 N–H and O–H groups in total. The first-order valence-electron chi connectivity index (χ1n) is 11.4. The summed E-state index contributed by atoms with van der Waals surface area (Å²) < 4.78 is 20.8. The average Bonchev–Trinajstić information content (AvgIpc) is 3.48. The molecular formula is C27H22FN5O2. The number of rotatable bonds is 4. The fourth-order valence-electron chi connectivity index (χ4n) is 4.47. The lowest BCUT2D eigenvalue weighted by Gasteiger charge is -2.33. The average molecular weight is 468 g/mol. The van der Waals surface area contributed by atoms with Crippen molar-refractivity contribution < 1.29 is 13.9 Å². The van der Waals surface area contributed by atoms with Gasteiger partial charge < -0.3 is 9.64 Å². The summed E-state index contributed by atoms with van der Waals surface area (Å²) in [4.78, 5) is 14.6. The predicted octanol–water partition coefficient (Wildman–Crippen LogP) is 4.68. The number of hydrogen-bond acceptors (Lipinski definition) is 6. The monoisotopic (exact) mass is 467 g/mol. The van der Waals surface area contributed by atoms with Crippen LogP contribution in [0.1, 0.15) is 17.3 Å². The van der Waals surface area contributed by atoms with Crippen LogP contribution in [0.5, 0.6) is 0 Å². The molecule has 0 aliphatic carbocycles. The summed E-state index contributed by atoms with van der Waals surface area (Å²) in [6.07, 6.45) is 1.52. The number of ether oxygens (including phenoxy) is 1. The molecule has 0 bridgehead atoms. The lowest BCUT2D eigenvalue weighted by molar-refractivity contribution is -0.139. The molecule has 1 atom stereocenters. The zero-order chi connectivity index (χ0) is 23.9. The van der Waals surface area contributed by atoms with E-state index >= 15 is 0 Å². The highest BCUT2D eigenvalue weighted by molar-refractivity contribution is 6.36. The first-order chi connectivity index (χ1) is 17.1. The van der Waals surface area contributed by atoms with Gasteiger partial charge in [-0.05, 0) is 55.5 Å². The van der Waals surface area contributed by atoms with E-state index in [1.54, 1.807) is 12.1 Å². The number of anilines is 1. The van der Waals surface area contributed by atoms with E-state index in [2.05, 4.69) is 5.10 Å². The summed E-state index contributed by atoms with van der Waals surface area (Å²) in [7, 11) is 0. The highest BCUT2D eigenvalue weighted by atomic mass is 19.1. The van der Waals surface area contributed by atoms with Crippen LogP contribution in [0.4, 0.5) is 10.1 Å². The van der Waals surface area contributed by atoms with E-state index in [1.165, 1.54) is 12.1 Å². The van der Waals surface area contributed by atoms with Gasteiger partial charge in [0.2, 0.25) is 5.84 Å². The number of fused-ring (bicyclic) bond motifs is 1. The third kappa shape index (κ3) is 3.73. The van der Waals surface area contributed by atoms with E-state index in [4.69, 9.17) is 9.84 Å². The van der Waals surface area contributed by atoms with Crippen molar-refractivity contribution in [2.45, 2.75) is 13.1 Å². The predicted molar refractivity (Wildman–Crippen MR) is 130 cm³/mol. The summed E-state index contributed by atoms with van der Waals surface area (Å²) in [5.74, 6) is -0.502. The van der Waals surface area contributed by atoms with Gasteiger partial charge in [0.15, 0.2) is 6.17 Å². The minimum Gasteiger partial charge on any atom is -0.458 e. The van der Waals surface area contributed by atoms with Gasteiger partial charge in [-0.3, -0.25) is 0 Å². The normalized spacial score (nSPS) is 17.3. The smallest absolute Gasteiger partial charge is 0.376 e. The number of para-hydroxylation sites is 1. The molecule has 3 aromatic carbocycles. The molecule has 4 aromatic rings. The van der Waals surface area contributed by atoms with Crippen LogP contribution >= 0.6 is 0 Å². The van der Waals surface area contributed by atoms with Crippen LogP contribution in [0.25, 0.3) is 16.9 Å². The summed E-state index contributed by atoms with van der Waals surface area (Å²) >= 11 is 0. The van der Waals surface area contributed by atoms with Crippen molar-refractivity contribution in [1.29, 1.82) is 0 Å². The lowest BCUT2D eigenvalue weighted by atomic mass is 10.0. The topological polar surface area (TPSA) is 63.0 Å². The Morgan fingerprint density at radius 3 is 2.43 bits per heavy atom. The van der Waals surface area contributed by atoms with E-state index < -0.39 is 12.1 Å². The molecule has 0 spiro atoms. The molecule has 35 heavy (non-hydrogen) atoms. The Balaban J connectivity index is 1.54. The van der Waals surface area contributed by atoms with Gasteiger partial charge in [-0.2, -0.15) is 5.10 Å². The zero-order valence-electron chi connectivity index (χ0n) is 19.0. The van der Waals surface area contributed by atoms with Crippen LogP contribution in [0.3, 0.4) is 0 Å². The van der Waals surface area contributed by atoms with Gasteiger partial charge in [0.25, 0.3) is 0 Å². The number of esters is 1. The molecule has 174 valence electrons. The molecular weight excluding hydrogens is 445 g/mol. The van der Waals surface area contributed by atoms with Gasteiger partial charge >= 0.3 is 5.97 Å². The molecule has 8 heteroatoms. The Labute approximate surface area is 201 Å². The SMILES string of the molecule is Cc1ccc(N2N=C3C(=O)OCCN3C2c2cn(-c3ccccc3)nc2-c2ccc(F)cc2)cc1. The molecule has 2 aliphatic heterocycles. The van der Waals surface area contributed by atoms with Crippen molar-refractivity contribution >= 4 is 17.5 Å². The summed E-state index contributed by atoms with van der Waals surface area (Å²) in [5, 5.41) is 11.4. The number of amidine groups is 1. The fraction of sp³-hybridized carbons (Fsp3) is 0.148. The van der Waals surface area contributed by atoms with Crippen molar-refractivity contribution in [3.05, 3.63) is 102 Å². The number of carbonyl (C=O) groups is 1. The first kappa shape index (κ1) is 21.1. The zero-order valence-corrected chi connectivity index (χ0v) is 19.0. The first-order valence-corrected chi connectivity index (χ1v) is 11.4. The molecule has 0 saturated carbocycles. The van der Waals surface area contributed by atoms with Gasteiger partial charge in [-0.1, -0.05) is 35.9 Å². The van der Waals surface area contributed by atoms with E-state index in [0.29, 0.717) is 12.2 Å². The number of aryl methyl sites for hydroxylation is 1. The van der Waals surface area contributed by atoms with Gasteiger partial charge in [0.1, 0.15) is 12.4 Å². The van der Waals surface area contributed by atoms with Gasteiger partial charge in [0, 0.05) is 17.3 Å². The maximum atomic E-state index is 13.7. The van der Waals surface area contributed by atoms with E-state index in [0.717, 1.165) is 28.1 Å². The van der Waals surface area contributed by atoms with Crippen molar-refractivity contribution in [1.82, 2.24) is 14.7 Å². The van der Waals surface area contributed by atoms with E-state index in [-0.39, 0.29) is 18.3 Å². The van der Waals surface area contributed by atoms with Crippen LogP contribution in [0, 0.1) is 12.7 Å². The van der Waals surface area contributed by atoms with Crippen LogP contribution in [-0.4, -0.2) is 39.6 Å². The number of cyclic esters (lactones) is 1. The van der Waals surface area contributed by atoms with Crippen LogP contribution in [-0.2, 0) is 9.53 Å².